The van der Waals surface area contributed by atoms with Crippen molar-refractivity contribution in [2.45, 2.75) is 19.8 Å². The van der Waals surface area contributed by atoms with Gasteiger partial charge in [-0.1, -0.05) is 19.1 Å². The van der Waals surface area contributed by atoms with Crippen LogP contribution in [0.3, 0.4) is 0 Å². The molecule has 3 N–H and O–H groups in total. The van der Waals surface area contributed by atoms with E-state index in [1.54, 1.807) is 0 Å². The second-order valence-electron chi connectivity index (χ2n) is 4.29. The fourth-order valence-electron chi connectivity index (χ4n) is 1.77. The van der Waals surface area contributed by atoms with Crippen molar-refractivity contribution >= 4 is 5.82 Å². The molecule has 0 atom stereocenters. The Balaban J connectivity index is 2.16. The Kier molecular flexibility index (Phi) is 4.18. The molecule has 0 amide bonds. The summed E-state index contributed by atoms with van der Waals surface area (Å²) in [6, 6.07) is 9.00. The van der Waals surface area contributed by atoms with Gasteiger partial charge in [-0.05, 0) is 24.1 Å². The average molecular weight is 259 g/mol. The predicted molar refractivity (Wildman–Crippen MR) is 74.3 cm³/mol. The molecule has 5 heteroatoms. The van der Waals surface area contributed by atoms with Crippen LogP contribution in [0.15, 0.2) is 35.1 Å². The summed E-state index contributed by atoms with van der Waals surface area (Å²) in [5, 5.41) is 0. The Labute approximate surface area is 111 Å². The van der Waals surface area contributed by atoms with Gasteiger partial charge in [-0.25, -0.2) is 4.98 Å². The number of nitrogens with two attached hydrogens (primary N) is 1. The number of hydrogen-bond donors (Lipinski definition) is 2. The first-order valence-electron chi connectivity index (χ1n) is 6.25. The first-order valence-corrected chi connectivity index (χ1v) is 6.25. The summed E-state index contributed by atoms with van der Waals surface area (Å²) < 4.78 is 5.56. The Bertz CT molecular complexity index is 608. The number of ether oxygens (including phenoxy) is 1. The zero-order chi connectivity index (χ0) is 13.7. The third-order valence-corrected chi connectivity index (χ3v) is 2.55. The van der Waals surface area contributed by atoms with E-state index in [-0.39, 0.29) is 11.4 Å². The first kappa shape index (κ1) is 13.1. The van der Waals surface area contributed by atoms with Gasteiger partial charge in [-0.15, -0.1) is 0 Å². The maximum Gasteiger partial charge on any atom is 0.252 e. The maximum absolute atomic E-state index is 11.3. The van der Waals surface area contributed by atoms with E-state index >= 15 is 0 Å². The molecule has 0 saturated heterocycles. The fraction of sp³-hybridized carbons (Fsp3) is 0.286. The quantitative estimate of drug-likeness (QED) is 0.856. The molecule has 0 fully saturated rings. The molecule has 0 aliphatic carbocycles. The van der Waals surface area contributed by atoms with Gasteiger partial charge < -0.3 is 15.5 Å². The number of nitrogens with zero attached hydrogens (tertiary/aromatic N) is 1. The van der Waals surface area contributed by atoms with E-state index in [9.17, 15) is 4.79 Å². The first-order chi connectivity index (χ1) is 9.17. The van der Waals surface area contributed by atoms with Crippen LogP contribution in [0.5, 0.6) is 5.75 Å². The number of nitrogen functional groups attached to an aromatic ring is 1. The van der Waals surface area contributed by atoms with Crippen molar-refractivity contribution in [3.05, 3.63) is 52.1 Å². The number of benzene rings is 1. The number of H-pyrrole nitrogens is 1. The lowest BCUT2D eigenvalue weighted by Crippen LogP contribution is -2.12. The van der Waals surface area contributed by atoms with E-state index < -0.39 is 0 Å². The normalized spacial score (nSPS) is 10.4. The second-order valence-corrected chi connectivity index (χ2v) is 4.29. The molecule has 1 heterocycles. The van der Waals surface area contributed by atoms with Crippen LogP contribution in [0, 0.1) is 0 Å². The molecule has 5 nitrogen and oxygen atoms in total. The molecule has 0 aliphatic heterocycles. The molecular weight excluding hydrogens is 242 g/mol. The van der Waals surface area contributed by atoms with E-state index in [0.29, 0.717) is 18.9 Å². The molecule has 0 spiro atoms. The minimum atomic E-state index is -0.235. The van der Waals surface area contributed by atoms with Crippen LogP contribution >= 0.6 is 0 Å². The van der Waals surface area contributed by atoms with Crippen LogP contribution in [0.2, 0.25) is 0 Å². The highest BCUT2D eigenvalue weighted by atomic mass is 16.5. The number of rotatable bonds is 5. The third kappa shape index (κ3) is 3.84. The number of aromatic amines is 1. The summed E-state index contributed by atoms with van der Waals surface area (Å²) in [6.07, 6.45) is 1.48. The minimum Gasteiger partial charge on any atom is -0.494 e. The van der Waals surface area contributed by atoms with Gasteiger partial charge in [-0.2, -0.15) is 0 Å². The van der Waals surface area contributed by atoms with Crippen molar-refractivity contribution in [2.75, 3.05) is 12.3 Å². The zero-order valence-corrected chi connectivity index (χ0v) is 10.8. The standard InChI is InChI=1S/C14H17N3O2/c1-2-6-19-11-5-3-4-10(7-11)8-13-16-12(15)9-14(18)17-13/h3-5,7,9H,2,6,8H2,1H3,(H3,15,16,17,18). The molecule has 0 bridgehead atoms. The van der Waals surface area contributed by atoms with Gasteiger partial charge in [0.2, 0.25) is 0 Å². The smallest absolute Gasteiger partial charge is 0.252 e. The van der Waals surface area contributed by atoms with Crippen LogP contribution in [0.1, 0.15) is 24.7 Å². The van der Waals surface area contributed by atoms with Gasteiger partial charge in [0.05, 0.1) is 6.61 Å². The third-order valence-electron chi connectivity index (χ3n) is 2.55. The second kappa shape index (κ2) is 6.04. The largest absolute Gasteiger partial charge is 0.494 e. The molecule has 2 rings (SSSR count). The summed E-state index contributed by atoms with van der Waals surface area (Å²) in [5.74, 6) is 1.61. The van der Waals surface area contributed by atoms with Crippen molar-refractivity contribution in [1.29, 1.82) is 0 Å². The van der Waals surface area contributed by atoms with Crippen molar-refractivity contribution < 1.29 is 4.74 Å². The average Bonchev–Trinajstić information content (AvgIpc) is 2.35. The minimum absolute atomic E-state index is 0.233. The highest BCUT2D eigenvalue weighted by Gasteiger charge is 2.02. The van der Waals surface area contributed by atoms with Crippen molar-refractivity contribution in [2.24, 2.45) is 0 Å². The molecule has 0 saturated carbocycles. The highest BCUT2D eigenvalue weighted by Crippen LogP contribution is 2.15. The van der Waals surface area contributed by atoms with Gasteiger partial charge >= 0.3 is 0 Å². The van der Waals surface area contributed by atoms with E-state index in [4.69, 9.17) is 10.5 Å². The van der Waals surface area contributed by atoms with E-state index in [1.807, 2.05) is 24.3 Å². The number of aromatic nitrogens is 2. The molecule has 0 unspecified atom stereocenters. The molecule has 1 aromatic carbocycles. The Morgan fingerprint density at radius 2 is 2.21 bits per heavy atom. The van der Waals surface area contributed by atoms with Gasteiger partial charge in [0.25, 0.3) is 5.56 Å². The Hall–Kier alpha value is -2.30. The predicted octanol–water partition coefficient (Wildman–Crippen LogP) is 1.73. The molecule has 100 valence electrons. The Morgan fingerprint density at radius 3 is 2.95 bits per heavy atom. The van der Waals surface area contributed by atoms with E-state index in [1.165, 1.54) is 6.07 Å². The molecule has 1 aromatic heterocycles. The number of hydrogen-bond acceptors (Lipinski definition) is 4. The summed E-state index contributed by atoms with van der Waals surface area (Å²) in [7, 11) is 0. The molecule has 0 radical (unpaired) electrons. The van der Waals surface area contributed by atoms with Gasteiger partial charge in [0.1, 0.15) is 17.4 Å². The van der Waals surface area contributed by atoms with Crippen LogP contribution in [-0.4, -0.2) is 16.6 Å². The summed E-state index contributed by atoms with van der Waals surface area (Å²) in [4.78, 5) is 18.1. The fourth-order valence-corrected chi connectivity index (χ4v) is 1.77. The molecule has 2 aromatic rings. The highest BCUT2D eigenvalue weighted by molar-refractivity contribution is 5.32. The molecule has 0 aliphatic rings. The van der Waals surface area contributed by atoms with Crippen molar-refractivity contribution in [3.8, 4) is 5.75 Å². The maximum atomic E-state index is 11.3. The summed E-state index contributed by atoms with van der Waals surface area (Å²) >= 11 is 0. The summed E-state index contributed by atoms with van der Waals surface area (Å²) in [5.41, 5.74) is 6.33. The number of nitrogens with one attached hydrogen (secondary N) is 1. The van der Waals surface area contributed by atoms with Gasteiger partial charge in [0.15, 0.2) is 0 Å². The molecule has 19 heavy (non-hydrogen) atoms. The zero-order valence-electron chi connectivity index (χ0n) is 10.8. The lowest BCUT2D eigenvalue weighted by Gasteiger charge is -2.07. The topological polar surface area (TPSA) is 81.0 Å². The van der Waals surface area contributed by atoms with E-state index in [2.05, 4.69) is 16.9 Å². The van der Waals surface area contributed by atoms with Gasteiger partial charge in [-0.3, -0.25) is 4.79 Å². The summed E-state index contributed by atoms with van der Waals surface area (Å²) in [6.45, 7) is 2.75. The lowest BCUT2D eigenvalue weighted by atomic mass is 10.1. The lowest BCUT2D eigenvalue weighted by molar-refractivity contribution is 0.317. The van der Waals surface area contributed by atoms with E-state index in [0.717, 1.165) is 17.7 Å². The van der Waals surface area contributed by atoms with Crippen LogP contribution in [-0.2, 0) is 6.42 Å². The SMILES string of the molecule is CCCOc1cccc(Cc2nc(N)cc(=O)[nH]2)c1. The number of anilines is 1. The molecular formula is C14H17N3O2. The Morgan fingerprint density at radius 1 is 1.37 bits per heavy atom. The monoisotopic (exact) mass is 259 g/mol. The van der Waals surface area contributed by atoms with Crippen LogP contribution < -0.4 is 16.0 Å². The van der Waals surface area contributed by atoms with Crippen LogP contribution in [0.25, 0.3) is 0 Å². The van der Waals surface area contributed by atoms with Gasteiger partial charge in [0, 0.05) is 12.5 Å². The van der Waals surface area contributed by atoms with Crippen LogP contribution in [0.4, 0.5) is 5.82 Å². The van der Waals surface area contributed by atoms with Crippen molar-refractivity contribution in [3.63, 3.8) is 0 Å². The van der Waals surface area contributed by atoms with Crippen molar-refractivity contribution in [1.82, 2.24) is 9.97 Å².